The monoisotopic (exact) mass is 457 g/mol. The molecular weight excluding hydrogens is 406 g/mol. The Morgan fingerprint density at radius 2 is 1.52 bits per heavy atom. The van der Waals surface area contributed by atoms with Gasteiger partial charge in [0.15, 0.2) is 8.32 Å². The molecule has 0 saturated carbocycles. The van der Waals surface area contributed by atoms with Gasteiger partial charge in [0.1, 0.15) is 11.3 Å². The van der Waals surface area contributed by atoms with Gasteiger partial charge in [-0.2, -0.15) is 0 Å². The summed E-state index contributed by atoms with van der Waals surface area (Å²) in [5, 5.41) is 0. The van der Waals surface area contributed by atoms with Crippen LogP contribution in [-0.2, 0) is 13.9 Å². The minimum Gasteiger partial charge on any atom is -0.444 e. The Hall–Kier alpha value is -0.593. The first-order valence-corrected chi connectivity index (χ1v) is 14.3. The Bertz CT molecular complexity index is 571. The van der Waals surface area contributed by atoms with Gasteiger partial charge in [-0.1, -0.05) is 55.4 Å². The lowest BCUT2D eigenvalue weighted by Gasteiger charge is -2.43. The van der Waals surface area contributed by atoms with Crippen LogP contribution in [0, 0.1) is 5.41 Å². The zero-order valence-corrected chi connectivity index (χ0v) is 23.7. The second-order valence-corrected chi connectivity index (χ2v) is 18.0. The fourth-order valence-electron chi connectivity index (χ4n) is 5.46. The third-order valence-corrected chi connectivity index (χ3v) is 12.9. The molecule has 1 aliphatic rings. The summed E-state index contributed by atoms with van der Waals surface area (Å²) in [4.78, 5) is 14.7. The van der Waals surface area contributed by atoms with Crippen molar-refractivity contribution in [2.45, 2.75) is 137 Å². The van der Waals surface area contributed by atoms with E-state index in [0.717, 1.165) is 19.4 Å². The van der Waals surface area contributed by atoms with Crippen LogP contribution in [0.3, 0.4) is 0 Å². The summed E-state index contributed by atoms with van der Waals surface area (Å²) in [6.07, 6.45) is 1.53. The smallest absolute Gasteiger partial charge is 0.412 e. The van der Waals surface area contributed by atoms with Gasteiger partial charge in [-0.25, -0.2) is 4.79 Å². The predicted molar refractivity (Wildman–Crippen MR) is 132 cm³/mol. The molecule has 0 spiro atoms. The van der Waals surface area contributed by atoms with E-state index in [1.54, 1.807) is 4.90 Å². The Labute approximate surface area is 193 Å². The molecule has 1 saturated heterocycles. The van der Waals surface area contributed by atoms with E-state index in [9.17, 15) is 4.79 Å². The van der Waals surface area contributed by atoms with Gasteiger partial charge in [-0.05, 0) is 69.5 Å². The highest BCUT2D eigenvalue weighted by Gasteiger charge is 2.48. The zero-order valence-electron chi connectivity index (χ0n) is 22.7. The highest BCUT2D eigenvalue weighted by atomic mass is 28.4. The molecule has 1 heterocycles. The molecule has 1 aliphatic heterocycles. The lowest BCUT2D eigenvalue weighted by molar-refractivity contribution is -0.0637. The van der Waals surface area contributed by atoms with Gasteiger partial charge < -0.3 is 13.9 Å². The van der Waals surface area contributed by atoms with E-state index in [1.807, 2.05) is 34.6 Å². The van der Waals surface area contributed by atoms with Crippen molar-refractivity contribution in [3.05, 3.63) is 0 Å². The summed E-state index contributed by atoms with van der Waals surface area (Å²) in [6.45, 7) is 29.4. The molecule has 0 aromatic heterocycles. The first-order chi connectivity index (χ1) is 13.9. The van der Waals surface area contributed by atoms with Crippen molar-refractivity contribution in [2.75, 3.05) is 13.2 Å². The van der Waals surface area contributed by atoms with Crippen molar-refractivity contribution in [3.63, 3.8) is 0 Å². The van der Waals surface area contributed by atoms with E-state index in [0.29, 0.717) is 23.2 Å². The van der Waals surface area contributed by atoms with Crippen LogP contribution in [0.2, 0.25) is 16.6 Å². The normalized spacial score (nSPS) is 20.3. The van der Waals surface area contributed by atoms with Crippen molar-refractivity contribution >= 4 is 14.4 Å². The molecule has 0 aromatic carbocycles. The Morgan fingerprint density at radius 3 is 1.94 bits per heavy atom. The van der Waals surface area contributed by atoms with Crippen molar-refractivity contribution in [2.24, 2.45) is 5.41 Å². The summed E-state index contributed by atoms with van der Waals surface area (Å²) in [5.41, 5.74) is 0.600. The average molecular weight is 458 g/mol. The summed E-state index contributed by atoms with van der Waals surface area (Å²) in [5.74, 6) is 0. The summed E-state index contributed by atoms with van der Waals surface area (Å²) in [6, 6.07) is 0.00199. The molecule has 0 N–H and O–H groups in total. The third-order valence-electron chi connectivity index (χ3n) is 6.79. The molecule has 5 nitrogen and oxygen atoms in total. The predicted octanol–water partition coefficient (Wildman–Crippen LogP) is 7.36. The minimum atomic E-state index is -1.86. The van der Waals surface area contributed by atoms with Crippen molar-refractivity contribution in [1.82, 2.24) is 4.90 Å². The van der Waals surface area contributed by atoms with Crippen LogP contribution in [0.5, 0.6) is 0 Å². The molecular formula is C25H51NO4Si. The van der Waals surface area contributed by atoms with E-state index in [1.165, 1.54) is 0 Å². The van der Waals surface area contributed by atoms with E-state index in [-0.39, 0.29) is 17.6 Å². The van der Waals surface area contributed by atoms with Crippen molar-refractivity contribution in [1.29, 1.82) is 0 Å². The van der Waals surface area contributed by atoms with Gasteiger partial charge in [-0.3, -0.25) is 4.90 Å². The number of nitrogens with zero attached hydrogens (tertiary/aromatic N) is 1. The first kappa shape index (κ1) is 28.4. The second kappa shape index (κ2) is 10.1. The van der Waals surface area contributed by atoms with Crippen LogP contribution in [0.1, 0.15) is 103 Å². The maximum Gasteiger partial charge on any atom is 0.412 e. The largest absolute Gasteiger partial charge is 0.444 e. The van der Waals surface area contributed by atoms with Crippen molar-refractivity contribution in [3.8, 4) is 0 Å². The van der Waals surface area contributed by atoms with Gasteiger partial charge >= 0.3 is 6.09 Å². The molecule has 0 bridgehead atoms. The Balaban J connectivity index is 2.87. The topological polar surface area (TPSA) is 48.0 Å². The Morgan fingerprint density at radius 1 is 1.03 bits per heavy atom. The van der Waals surface area contributed by atoms with Gasteiger partial charge in [0.25, 0.3) is 0 Å². The molecule has 0 aromatic rings. The molecule has 184 valence electrons. The van der Waals surface area contributed by atoms with Crippen LogP contribution in [0.25, 0.3) is 0 Å². The molecule has 6 heteroatoms. The van der Waals surface area contributed by atoms with E-state index >= 15 is 0 Å². The van der Waals surface area contributed by atoms with Crippen LogP contribution >= 0.6 is 0 Å². The summed E-state index contributed by atoms with van der Waals surface area (Å²) in [7, 11) is -1.86. The zero-order chi connectivity index (χ0) is 24.4. The van der Waals surface area contributed by atoms with Gasteiger partial charge in [0, 0.05) is 6.61 Å². The van der Waals surface area contributed by atoms with Crippen LogP contribution < -0.4 is 0 Å². The molecule has 1 fully saturated rings. The quantitative estimate of drug-likeness (QED) is 0.339. The van der Waals surface area contributed by atoms with Crippen LogP contribution in [-0.4, -0.2) is 49.9 Å². The number of ether oxygens (including phenoxy) is 2. The number of hydrogen-bond donors (Lipinski definition) is 0. The molecule has 31 heavy (non-hydrogen) atoms. The molecule has 1 rings (SSSR count). The standard InChI is InChI=1S/C25H51NO4Si/c1-18(2)31(19(3)4,20(5)6)29-15-14-24(10,11)16-21-17-28-25(12,13)26(21)22(27)30-23(7,8)9/h18-21H,14-17H2,1-13H3. The number of carbonyl (C=O) groups is 1. The van der Waals surface area contributed by atoms with E-state index < -0.39 is 19.6 Å². The van der Waals surface area contributed by atoms with Crippen LogP contribution in [0.4, 0.5) is 4.79 Å². The molecule has 1 unspecified atom stereocenters. The van der Waals surface area contributed by atoms with E-state index in [2.05, 4.69) is 55.4 Å². The molecule has 1 atom stereocenters. The number of hydrogen-bond acceptors (Lipinski definition) is 4. The highest BCUT2D eigenvalue weighted by Crippen LogP contribution is 2.43. The maximum absolute atomic E-state index is 12.9. The van der Waals surface area contributed by atoms with Crippen LogP contribution in [0.15, 0.2) is 0 Å². The highest BCUT2D eigenvalue weighted by molar-refractivity contribution is 6.77. The SMILES string of the molecule is CC(C)[Si](OCCC(C)(C)CC1COC(C)(C)N1C(=O)OC(C)(C)C)(C(C)C)C(C)C. The summed E-state index contributed by atoms with van der Waals surface area (Å²) >= 11 is 0. The Kier molecular flexibility index (Phi) is 9.29. The number of amides is 1. The van der Waals surface area contributed by atoms with E-state index in [4.69, 9.17) is 13.9 Å². The fourth-order valence-corrected chi connectivity index (χ4v) is 10.9. The lowest BCUT2D eigenvalue weighted by atomic mass is 9.82. The molecule has 0 aliphatic carbocycles. The average Bonchev–Trinajstić information content (AvgIpc) is 2.82. The number of carbonyl (C=O) groups excluding carboxylic acids is 1. The van der Waals surface area contributed by atoms with Gasteiger partial charge in [-0.15, -0.1) is 0 Å². The third kappa shape index (κ3) is 7.20. The molecule has 1 amide bonds. The number of rotatable bonds is 9. The van der Waals surface area contributed by atoms with Gasteiger partial charge in [0.05, 0.1) is 12.6 Å². The minimum absolute atomic E-state index is 0.00199. The van der Waals surface area contributed by atoms with Gasteiger partial charge in [0.2, 0.25) is 0 Å². The fraction of sp³-hybridized carbons (Fsp3) is 0.960. The summed E-state index contributed by atoms with van der Waals surface area (Å²) < 4.78 is 18.5. The molecule has 0 radical (unpaired) electrons. The second-order valence-electron chi connectivity index (χ2n) is 12.5. The van der Waals surface area contributed by atoms with Crippen molar-refractivity contribution < 1.29 is 18.7 Å². The lowest BCUT2D eigenvalue weighted by Crippen LogP contribution is -2.51. The maximum atomic E-state index is 12.9. The first-order valence-electron chi connectivity index (χ1n) is 12.2.